The molecular formula is C25H25F2N9. The van der Waals surface area contributed by atoms with E-state index in [1.54, 1.807) is 28.4 Å². The first-order valence-electron chi connectivity index (χ1n) is 11.6. The summed E-state index contributed by atoms with van der Waals surface area (Å²) in [6, 6.07) is 6.90. The number of pyridine rings is 2. The maximum absolute atomic E-state index is 15.8. The van der Waals surface area contributed by atoms with Crippen LogP contribution in [0.5, 0.6) is 0 Å². The van der Waals surface area contributed by atoms with E-state index >= 15 is 4.39 Å². The zero-order chi connectivity index (χ0) is 25.6. The van der Waals surface area contributed by atoms with Crippen LogP contribution in [0.1, 0.15) is 35.6 Å². The highest BCUT2D eigenvalue weighted by Gasteiger charge is 2.41. The van der Waals surface area contributed by atoms with Crippen molar-refractivity contribution in [1.82, 2.24) is 34.5 Å². The SMILES string of the molecule is Cc1nn(C)c(C)c1-c1cc(C#N)c(N2CCC(F)(c3nncn3C)CC2)c(-c2ccc(F)nc2)n1. The van der Waals surface area contributed by atoms with Gasteiger partial charge >= 0.3 is 0 Å². The Labute approximate surface area is 207 Å². The lowest BCUT2D eigenvalue weighted by Gasteiger charge is -2.38. The van der Waals surface area contributed by atoms with E-state index < -0.39 is 11.6 Å². The zero-order valence-electron chi connectivity index (χ0n) is 20.5. The molecule has 1 aliphatic rings. The number of anilines is 1. The first-order valence-corrected chi connectivity index (χ1v) is 11.6. The minimum atomic E-state index is -1.62. The molecule has 0 aliphatic carbocycles. The van der Waals surface area contributed by atoms with Crippen LogP contribution in [0.25, 0.3) is 22.5 Å². The molecule has 0 N–H and O–H groups in total. The molecule has 36 heavy (non-hydrogen) atoms. The topological polar surface area (TPSA) is 101 Å². The molecule has 5 rings (SSSR count). The Morgan fingerprint density at radius 3 is 2.44 bits per heavy atom. The Morgan fingerprint density at radius 1 is 1.14 bits per heavy atom. The smallest absolute Gasteiger partial charge is 0.212 e. The van der Waals surface area contributed by atoms with Crippen molar-refractivity contribution in [2.24, 2.45) is 14.1 Å². The van der Waals surface area contributed by atoms with Gasteiger partial charge in [-0.05, 0) is 32.0 Å². The monoisotopic (exact) mass is 489 g/mol. The van der Waals surface area contributed by atoms with Gasteiger partial charge in [-0.1, -0.05) is 0 Å². The summed E-state index contributed by atoms with van der Waals surface area (Å²) in [7, 11) is 3.58. The fourth-order valence-electron chi connectivity index (χ4n) is 4.93. The average Bonchev–Trinajstić information content (AvgIpc) is 3.41. The molecule has 0 spiro atoms. The van der Waals surface area contributed by atoms with Crippen LogP contribution < -0.4 is 4.90 Å². The molecule has 0 saturated carbocycles. The van der Waals surface area contributed by atoms with Crippen molar-refractivity contribution < 1.29 is 8.78 Å². The minimum Gasteiger partial charge on any atom is -0.368 e. The van der Waals surface area contributed by atoms with E-state index in [1.165, 1.54) is 18.6 Å². The van der Waals surface area contributed by atoms with Gasteiger partial charge in [0.2, 0.25) is 5.95 Å². The first kappa shape index (κ1) is 23.5. The standard InChI is InChI=1S/C25H25F2N9/c1-15-21(16(2)35(4)33-15)19-11-18(12-28)23(22(31-19)17-5-6-20(26)29-13-17)36-9-7-25(27,8-10-36)24-32-30-14-34(24)3/h5-6,11,13-14H,7-10H2,1-4H3. The number of hydrogen-bond acceptors (Lipinski definition) is 7. The summed E-state index contributed by atoms with van der Waals surface area (Å²) in [6.45, 7) is 4.51. The van der Waals surface area contributed by atoms with Crippen LogP contribution in [0.15, 0.2) is 30.7 Å². The van der Waals surface area contributed by atoms with Crippen molar-refractivity contribution in [3.63, 3.8) is 0 Å². The number of hydrogen-bond donors (Lipinski definition) is 0. The number of alkyl halides is 1. The number of aromatic nitrogens is 7. The quantitative estimate of drug-likeness (QED) is 0.402. The van der Waals surface area contributed by atoms with Gasteiger partial charge in [0.1, 0.15) is 12.4 Å². The average molecular weight is 490 g/mol. The second-order valence-corrected chi connectivity index (χ2v) is 9.12. The molecule has 1 fully saturated rings. The van der Waals surface area contributed by atoms with Crippen molar-refractivity contribution in [1.29, 1.82) is 5.26 Å². The first-order chi connectivity index (χ1) is 17.2. The van der Waals surface area contributed by atoms with Crippen LogP contribution in [0.2, 0.25) is 0 Å². The van der Waals surface area contributed by atoms with Gasteiger partial charge in [-0.3, -0.25) is 4.68 Å². The van der Waals surface area contributed by atoms with Crippen molar-refractivity contribution >= 4 is 5.69 Å². The van der Waals surface area contributed by atoms with Gasteiger partial charge < -0.3 is 9.47 Å². The molecular weight excluding hydrogens is 464 g/mol. The summed E-state index contributed by atoms with van der Waals surface area (Å²) in [5, 5.41) is 22.5. The molecule has 1 saturated heterocycles. The van der Waals surface area contributed by atoms with Crippen LogP contribution >= 0.6 is 0 Å². The van der Waals surface area contributed by atoms with E-state index in [-0.39, 0.29) is 12.8 Å². The van der Waals surface area contributed by atoms with Crippen molar-refractivity contribution in [3.05, 3.63) is 59.4 Å². The van der Waals surface area contributed by atoms with Gasteiger partial charge in [-0.2, -0.15) is 14.8 Å². The third-order valence-corrected chi connectivity index (χ3v) is 6.86. The van der Waals surface area contributed by atoms with Crippen LogP contribution in [0.4, 0.5) is 14.5 Å². The number of nitriles is 1. The molecule has 0 amide bonds. The largest absolute Gasteiger partial charge is 0.368 e. The summed E-state index contributed by atoms with van der Waals surface area (Å²) in [5.41, 5.74) is 3.52. The maximum atomic E-state index is 15.8. The Balaban J connectivity index is 1.62. The molecule has 184 valence electrons. The zero-order valence-corrected chi connectivity index (χ0v) is 20.5. The molecule has 4 aromatic heterocycles. The van der Waals surface area contributed by atoms with Gasteiger partial charge in [-0.15, -0.1) is 10.2 Å². The molecule has 11 heteroatoms. The Hall–Kier alpha value is -4.20. The Kier molecular flexibility index (Phi) is 5.74. The summed E-state index contributed by atoms with van der Waals surface area (Å²) < 4.78 is 32.8. The van der Waals surface area contributed by atoms with Crippen LogP contribution in [0.3, 0.4) is 0 Å². The van der Waals surface area contributed by atoms with Gasteiger partial charge in [0.25, 0.3) is 0 Å². The van der Waals surface area contributed by atoms with Gasteiger partial charge in [0, 0.05) is 63.0 Å². The summed E-state index contributed by atoms with van der Waals surface area (Å²) in [5.74, 6) is -0.318. The fourth-order valence-corrected chi connectivity index (χ4v) is 4.93. The lowest BCUT2D eigenvalue weighted by molar-refractivity contribution is 0.109. The molecule has 0 aromatic carbocycles. The molecule has 1 aliphatic heterocycles. The van der Waals surface area contributed by atoms with E-state index in [1.807, 2.05) is 25.8 Å². The predicted octanol–water partition coefficient (Wildman–Crippen LogP) is 3.77. The number of piperidine rings is 1. The molecule has 9 nitrogen and oxygen atoms in total. The highest BCUT2D eigenvalue weighted by Crippen LogP contribution is 2.42. The minimum absolute atomic E-state index is 0.175. The van der Waals surface area contributed by atoms with Crippen molar-refractivity contribution in [3.8, 4) is 28.6 Å². The molecule has 4 aromatic rings. The third kappa shape index (κ3) is 3.88. The number of nitrogens with zero attached hydrogens (tertiary/aromatic N) is 9. The van der Waals surface area contributed by atoms with Crippen molar-refractivity contribution in [2.45, 2.75) is 32.4 Å². The van der Waals surface area contributed by atoms with E-state index in [2.05, 4.69) is 26.3 Å². The van der Waals surface area contributed by atoms with E-state index in [0.29, 0.717) is 47.1 Å². The number of aryl methyl sites for hydroxylation is 3. The molecule has 5 heterocycles. The molecule has 0 radical (unpaired) electrons. The highest BCUT2D eigenvalue weighted by atomic mass is 19.1. The van der Waals surface area contributed by atoms with Crippen molar-refractivity contribution in [2.75, 3.05) is 18.0 Å². The second-order valence-electron chi connectivity index (χ2n) is 9.12. The lowest BCUT2D eigenvalue weighted by atomic mass is 9.91. The number of rotatable bonds is 4. The molecule has 0 bridgehead atoms. The van der Waals surface area contributed by atoms with Crippen LogP contribution in [0, 0.1) is 31.1 Å². The second kappa shape index (κ2) is 8.78. The van der Waals surface area contributed by atoms with E-state index in [0.717, 1.165) is 17.0 Å². The van der Waals surface area contributed by atoms with E-state index in [9.17, 15) is 9.65 Å². The Bertz CT molecular complexity index is 1470. The normalized spacial score (nSPS) is 15.2. The Morgan fingerprint density at radius 2 is 1.89 bits per heavy atom. The summed E-state index contributed by atoms with van der Waals surface area (Å²) >= 11 is 0. The predicted molar refractivity (Wildman–Crippen MR) is 129 cm³/mol. The summed E-state index contributed by atoms with van der Waals surface area (Å²) in [4.78, 5) is 10.7. The fraction of sp³-hybridized carbons (Fsp3) is 0.360. The van der Waals surface area contributed by atoms with Gasteiger partial charge in [0.15, 0.2) is 11.5 Å². The van der Waals surface area contributed by atoms with Gasteiger partial charge in [-0.25, -0.2) is 14.4 Å². The maximum Gasteiger partial charge on any atom is 0.212 e. The molecule has 0 unspecified atom stereocenters. The third-order valence-electron chi connectivity index (χ3n) is 6.86. The van der Waals surface area contributed by atoms with Crippen LogP contribution in [-0.4, -0.2) is 47.6 Å². The molecule has 0 atom stereocenters. The number of halogens is 2. The van der Waals surface area contributed by atoms with Gasteiger partial charge in [0.05, 0.1) is 28.3 Å². The lowest BCUT2D eigenvalue weighted by Crippen LogP contribution is -2.42. The highest BCUT2D eigenvalue weighted by molar-refractivity contribution is 5.83. The van der Waals surface area contributed by atoms with E-state index in [4.69, 9.17) is 4.98 Å². The summed E-state index contributed by atoms with van der Waals surface area (Å²) in [6.07, 6.45) is 3.24. The van der Waals surface area contributed by atoms with Crippen LogP contribution in [-0.2, 0) is 19.8 Å².